The molecule has 1 aromatic carbocycles. The molecule has 0 saturated carbocycles. The van der Waals surface area contributed by atoms with Gasteiger partial charge < -0.3 is 9.67 Å². The van der Waals surface area contributed by atoms with E-state index >= 15 is 0 Å². The van der Waals surface area contributed by atoms with Crippen molar-refractivity contribution in [1.29, 1.82) is 0 Å². The van der Waals surface area contributed by atoms with E-state index in [9.17, 15) is 5.11 Å². The molecule has 4 heteroatoms. The summed E-state index contributed by atoms with van der Waals surface area (Å²) < 4.78 is 2.89. The summed E-state index contributed by atoms with van der Waals surface area (Å²) in [5, 5.41) is 10.7. The third kappa shape index (κ3) is 2.28. The number of hydrogen-bond acceptors (Lipinski definition) is 2. The maximum atomic E-state index is 10.7. The van der Waals surface area contributed by atoms with Crippen LogP contribution >= 0.6 is 15.9 Å². The first kappa shape index (κ1) is 12.3. The van der Waals surface area contributed by atoms with E-state index in [1.54, 1.807) is 13.1 Å². The highest BCUT2D eigenvalue weighted by Crippen LogP contribution is 2.29. The van der Waals surface area contributed by atoms with E-state index in [4.69, 9.17) is 0 Å². The van der Waals surface area contributed by atoms with Crippen LogP contribution in [0.3, 0.4) is 0 Å². The van der Waals surface area contributed by atoms with Gasteiger partial charge in [-0.1, -0.05) is 28.1 Å². The van der Waals surface area contributed by atoms with Crippen molar-refractivity contribution in [2.24, 2.45) is 0 Å². The van der Waals surface area contributed by atoms with E-state index in [1.165, 1.54) is 0 Å². The lowest BCUT2D eigenvalue weighted by Gasteiger charge is -2.24. The Morgan fingerprint density at radius 2 is 2.24 bits per heavy atom. The molecule has 0 amide bonds. The molecule has 1 N–H and O–H groups in total. The number of hydrogen-bond donors (Lipinski definition) is 1. The molecule has 0 radical (unpaired) electrons. The molecule has 0 aliphatic carbocycles. The number of benzene rings is 1. The molecule has 0 bridgehead atoms. The number of halogens is 1. The van der Waals surface area contributed by atoms with E-state index in [2.05, 4.69) is 20.9 Å². The van der Waals surface area contributed by atoms with Gasteiger partial charge in [-0.2, -0.15) is 0 Å². The van der Waals surface area contributed by atoms with Gasteiger partial charge in [0.15, 0.2) is 0 Å². The maximum absolute atomic E-state index is 10.7. The average molecular weight is 295 g/mol. The molecular weight excluding hydrogens is 280 g/mol. The molecule has 1 unspecified atom stereocenters. The van der Waals surface area contributed by atoms with Gasteiger partial charge in [-0.05, 0) is 31.5 Å². The number of aliphatic hydroxyl groups is 1. The Kier molecular flexibility index (Phi) is 3.35. The van der Waals surface area contributed by atoms with Crippen LogP contribution in [0.1, 0.15) is 25.2 Å². The van der Waals surface area contributed by atoms with Gasteiger partial charge >= 0.3 is 0 Å². The third-order valence-corrected chi connectivity index (χ3v) is 3.37. The highest BCUT2D eigenvalue weighted by Gasteiger charge is 2.30. The van der Waals surface area contributed by atoms with Crippen LogP contribution in [0.2, 0.25) is 0 Å². The molecule has 2 rings (SSSR count). The smallest absolute Gasteiger partial charge is 0.145 e. The summed E-state index contributed by atoms with van der Waals surface area (Å²) >= 11 is 3.42. The van der Waals surface area contributed by atoms with Crippen LogP contribution in [0.5, 0.6) is 0 Å². The highest BCUT2D eigenvalue weighted by atomic mass is 79.9. The van der Waals surface area contributed by atoms with Crippen LogP contribution in [0.4, 0.5) is 0 Å². The van der Waals surface area contributed by atoms with Crippen LogP contribution in [0.15, 0.2) is 41.1 Å². The van der Waals surface area contributed by atoms with Gasteiger partial charge in [-0.25, -0.2) is 4.98 Å². The first-order chi connectivity index (χ1) is 8.05. The summed E-state index contributed by atoms with van der Waals surface area (Å²) in [5.41, 5.74) is -0.253. The molecule has 3 nitrogen and oxygen atoms in total. The van der Waals surface area contributed by atoms with Crippen LogP contribution in [-0.2, 0) is 12.1 Å². The normalized spacial score (nSPS) is 14.6. The minimum atomic E-state index is -1.08. The monoisotopic (exact) mass is 294 g/mol. The molecule has 0 fully saturated rings. The lowest BCUT2D eigenvalue weighted by Crippen LogP contribution is -2.27. The first-order valence-corrected chi connectivity index (χ1v) is 6.35. The topological polar surface area (TPSA) is 38.0 Å². The summed E-state index contributed by atoms with van der Waals surface area (Å²) in [6.45, 7) is 4.59. The zero-order valence-electron chi connectivity index (χ0n) is 9.89. The van der Waals surface area contributed by atoms with E-state index in [0.29, 0.717) is 5.82 Å². The van der Waals surface area contributed by atoms with Crippen molar-refractivity contribution in [3.63, 3.8) is 0 Å². The van der Waals surface area contributed by atoms with Crippen molar-refractivity contribution in [3.8, 4) is 0 Å². The van der Waals surface area contributed by atoms with Crippen LogP contribution in [0.25, 0.3) is 0 Å². The summed E-state index contributed by atoms with van der Waals surface area (Å²) in [6.07, 6.45) is 3.59. The fraction of sp³-hybridized carbons (Fsp3) is 0.308. The Morgan fingerprint density at radius 1 is 1.47 bits per heavy atom. The third-order valence-electron chi connectivity index (χ3n) is 2.88. The highest BCUT2D eigenvalue weighted by molar-refractivity contribution is 9.10. The summed E-state index contributed by atoms with van der Waals surface area (Å²) in [5.74, 6) is 0.665. The first-order valence-electron chi connectivity index (χ1n) is 5.55. The molecule has 17 heavy (non-hydrogen) atoms. The van der Waals surface area contributed by atoms with Gasteiger partial charge in [-0.15, -0.1) is 0 Å². The molecule has 0 saturated heterocycles. The summed E-state index contributed by atoms with van der Waals surface area (Å²) in [7, 11) is 0. The Balaban J connectivity index is 2.49. The second kappa shape index (κ2) is 4.63. The molecule has 0 aliphatic heterocycles. The number of imidazole rings is 1. The maximum Gasteiger partial charge on any atom is 0.145 e. The number of aromatic nitrogens is 2. The molecule has 0 aliphatic rings. The molecule has 1 heterocycles. The fourth-order valence-electron chi connectivity index (χ4n) is 1.91. The second-order valence-corrected chi connectivity index (χ2v) is 5.04. The van der Waals surface area contributed by atoms with E-state index in [-0.39, 0.29) is 0 Å². The summed E-state index contributed by atoms with van der Waals surface area (Å²) in [4.78, 5) is 4.26. The average Bonchev–Trinajstić information content (AvgIpc) is 2.77. The minimum absolute atomic E-state index is 0.665. The Morgan fingerprint density at radius 3 is 2.88 bits per heavy atom. The lowest BCUT2D eigenvalue weighted by molar-refractivity contribution is 0.0881. The van der Waals surface area contributed by atoms with Gasteiger partial charge in [0.05, 0.1) is 0 Å². The van der Waals surface area contributed by atoms with Gasteiger partial charge in [0, 0.05) is 23.4 Å². The number of rotatable bonds is 3. The Hall–Kier alpha value is -1.13. The lowest BCUT2D eigenvalue weighted by atomic mass is 9.95. The van der Waals surface area contributed by atoms with Crippen molar-refractivity contribution >= 4 is 15.9 Å². The van der Waals surface area contributed by atoms with Crippen molar-refractivity contribution < 1.29 is 5.11 Å². The van der Waals surface area contributed by atoms with Crippen molar-refractivity contribution in [3.05, 3.63) is 52.5 Å². The zero-order chi connectivity index (χ0) is 12.5. The van der Waals surface area contributed by atoms with Crippen molar-refractivity contribution in [2.75, 3.05) is 0 Å². The SMILES string of the molecule is CCn1ccnc1C(C)(O)c1cccc(Br)c1. The van der Waals surface area contributed by atoms with Crippen LogP contribution < -0.4 is 0 Å². The molecule has 1 atom stereocenters. The van der Waals surface area contributed by atoms with E-state index in [1.807, 2.05) is 42.0 Å². The number of aryl methyl sites for hydroxylation is 1. The zero-order valence-corrected chi connectivity index (χ0v) is 11.5. The molecule has 90 valence electrons. The van der Waals surface area contributed by atoms with E-state index < -0.39 is 5.60 Å². The largest absolute Gasteiger partial charge is 0.377 e. The summed E-state index contributed by atoms with van der Waals surface area (Å²) in [6, 6.07) is 7.66. The minimum Gasteiger partial charge on any atom is -0.377 e. The number of nitrogens with zero attached hydrogens (tertiary/aromatic N) is 2. The van der Waals surface area contributed by atoms with Gasteiger partial charge in [0.1, 0.15) is 11.4 Å². The standard InChI is InChI=1S/C13H15BrN2O/c1-3-16-8-7-15-12(16)13(2,17)10-5-4-6-11(14)9-10/h4-9,17H,3H2,1-2H3. The quantitative estimate of drug-likeness (QED) is 0.945. The van der Waals surface area contributed by atoms with Crippen molar-refractivity contribution in [1.82, 2.24) is 9.55 Å². The Bertz CT molecular complexity index is 520. The fourth-order valence-corrected chi connectivity index (χ4v) is 2.31. The second-order valence-electron chi connectivity index (χ2n) is 4.12. The van der Waals surface area contributed by atoms with Gasteiger partial charge in [0.25, 0.3) is 0 Å². The molecule has 2 aromatic rings. The molecular formula is C13H15BrN2O. The van der Waals surface area contributed by atoms with Gasteiger partial charge in [0.2, 0.25) is 0 Å². The van der Waals surface area contributed by atoms with Crippen LogP contribution in [-0.4, -0.2) is 14.7 Å². The predicted octanol–water partition coefficient (Wildman–Crippen LogP) is 2.92. The molecule has 0 spiro atoms. The Labute approximate surface area is 109 Å². The molecule has 1 aromatic heterocycles. The van der Waals surface area contributed by atoms with Crippen molar-refractivity contribution in [2.45, 2.75) is 26.0 Å². The predicted molar refractivity (Wildman–Crippen MR) is 70.7 cm³/mol. The van der Waals surface area contributed by atoms with Gasteiger partial charge in [-0.3, -0.25) is 0 Å². The van der Waals surface area contributed by atoms with Crippen LogP contribution in [0, 0.1) is 0 Å². The van der Waals surface area contributed by atoms with E-state index in [0.717, 1.165) is 16.6 Å².